The molecule has 2 fully saturated rings. The Labute approximate surface area is 230 Å². The van der Waals surface area contributed by atoms with Crippen molar-refractivity contribution in [3.05, 3.63) is 62.8 Å². The number of piperidine rings is 1. The molecule has 1 aromatic heterocycles. The van der Waals surface area contributed by atoms with Crippen LogP contribution < -0.4 is 4.72 Å². The average Bonchev–Trinajstić information content (AvgIpc) is 3.46. The standard InChI is InChI=1S/C24H26ClN9O4S/c1-14-11-34-22(27-23(14)32-12-19(28-31-26)21(35)13-32)10-18(29-34)20-5-3-4-8-33(20)24(36)16-9-15(25)6-7-17(16)30-39(2,37)38/h6-7,9-10,19-21,35H,3-5,8,12-13H2,1-2H3/p+1/t19-,20+,21-/m1/s1. The number of likely N-dealkylation sites (tertiary alicyclic amines) is 2. The first-order valence-corrected chi connectivity index (χ1v) is 14.7. The van der Waals surface area contributed by atoms with Gasteiger partial charge in [0.2, 0.25) is 10.0 Å². The Bertz CT molecular complexity index is 1530. The van der Waals surface area contributed by atoms with Crippen molar-refractivity contribution in [2.45, 2.75) is 44.4 Å². The summed E-state index contributed by atoms with van der Waals surface area (Å²) in [7, 11) is -3.62. The first kappa shape index (κ1) is 26.9. The van der Waals surface area contributed by atoms with Gasteiger partial charge in [0.05, 0.1) is 48.3 Å². The smallest absolute Gasteiger partial charge is 0.275 e. The van der Waals surface area contributed by atoms with Crippen LogP contribution in [0.4, 0.5) is 11.5 Å². The van der Waals surface area contributed by atoms with Crippen molar-refractivity contribution in [1.29, 1.82) is 0 Å². The van der Waals surface area contributed by atoms with Gasteiger partial charge in [0.1, 0.15) is 5.69 Å². The first-order valence-electron chi connectivity index (χ1n) is 12.4. The molecule has 39 heavy (non-hydrogen) atoms. The lowest BCUT2D eigenvalue weighted by atomic mass is 9.98. The lowest BCUT2D eigenvalue weighted by Gasteiger charge is -2.35. The highest BCUT2D eigenvalue weighted by molar-refractivity contribution is 7.92. The molecular formula is C24H27ClN9O4S+. The topological polar surface area (TPSA) is 169 Å². The molecule has 13 nitrogen and oxygen atoms in total. The fourth-order valence-corrected chi connectivity index (χ4v) is 5.91. The van der Waals surface area contributed by atoms with Gasteiger partial charge in [-0.05, 0) is 43.0 Å². The zero-order chi connectivity index (χ0) is 27.9. The summed E-state index contributed by atoms with van der Waals surface area (Å²) in [4.78, 5) is 24.9. The molecule has 15 heteroatoms. The van der Waals surface area contributed by atoms with E-state index < -0.39 is 22.2 Å². The summed E-state index contributed by atoms with van der Waals surface area (Å²) in [5.74, 6) is 0.775. The van der Waals surface area contributed by atoms with Crippen LogP contribution in [0.2, 0.25) is 5.02 Å². The number of nitrogens with one attached hydrogen (secondary N) is 1. The third kappa shape index (κ3) is 5.56. The molecule has 0 bridgehead atoms. The summed E-state index contributed by atoms with van der Waals surface area (Å²) in [6, 6.07) is 5.34. The van der Waals surface area contributed by atoms with E-state index in [1.54, 1.807) is 15.6 Å². The molecule has 0 unspecified atom stereocenters. The molecule has 4 heterocycles. The van der Waals surface area contributed by atoms with Crippen molar-refractivity contribution in [2.75, 3.05) is 30.6 Å². The van der Waals surface area contributed by atoms with Gasteiger partial charge in [0.15, 0.2) is 11.8 Å². The van der Waals surface area contributed by atoms with E-state index in [9.17, 15) is 18.3 Å². The highest BCUT2D eigenvalue weighted by Gasteiger charge is 2.39. The first-order chi connectivity index (χ1) is 18.5. The second-order valence-electron chi connectivity index (χ2n) is 9.83. The molecule has 0 aliphatic carbocycles. The Morgan fingerprint density at radius 1 is 1.31 bits per heavy atom. The molecule has 1 aromatic carbocycles. The summed E-state index contributed by atoms with van der Waals surface area (Å²) in [6.45, 7) is 2.91. The molecule has 2 aromatic rings. The zero-order valence-corrected chi connectivity index (χ0v) is 22.9. The van der Waals surface area contributed by atoms with Crippen molar-refractivity contribution in [3.63, 3.8) is 0 Å². The molecule has 3 aliphatic rings. The van der Waals surface area contributed by atoms with Crippen molar-refractivity contribution in [2.24, 2.45) is 10.1 Å². The maximum atomic E-state index is 13.8. The van der Waals surface area contributed by atoms with Gasteiger partial charge < -0.3 is 14.9 Å². The van der Waals surface area contributed by atoms with E-state index in [2.05, 4.69) is 26.0 Å². The number of aliphatic hydroxyl groups is 1. The quantitative estimate of drug-likeness (QED) is 0.241. The van der Waals surface area contributed by atoms with Crippen LogP contribution in [-0.4, -0.2) is 82.9 Å². The molecule has 0 radical (unpaired) electrons. The third-order valence-electron chi connectivity index (χ3n) is 6.91. The van der Waals surface area contributed by atoms with Gasteiger partial charge in [-0.15, -0.1) is 5.10 Å². The Hall–Kier alpha value is -3.67. The van der Waals surface area contributed by atoms with E-state index in [1.807, 2.05) is 11.8 Å². The number of benzene rings is 1. The number of β-amino-alcohol motifs (C(OH)–C–C–N with tert-alkyl or cyclic N) is 1. The van der Waals surface area contributed by atoms with Gasteiger partial charge in [-0.2, -0.15) is 0 Å². The van der Waals surface area contributed by atoms with Gasteiger partial charge in [-0.3, -0.25) is 9.52 Å². The van der Waals surface area contributed by atoms with Crippen LogP contribution in [0.3, 0.4) is 0 Å². The number of hydrogen-bond acceptors (Lipinski definition) is 8. The van der Waals surface area contributed by atoms with Crippen LogP contribution in [0, 0.1) is 6.20 Å². The highest BCUT2D eigenvalue weighted by atomic mass is 35.5. The van der Waals surface area contributed by atoms with E-state index in [0.717, 1.165) is 19.1 Å². The number of amidine groups is 1. The van der Waals surface area contributed by atoms with Gasteiger partial charge in [-0.1, -0.05) is 26.4 Å². The molecule has 3 aliphatic heterocycles. The average molecular weight is 573 g/mol. The Morgan fingerprint density at radius 3 is 2.85 bits per heavy atom. The molecular weight excluding hydrogens is 546 g/mol. The molecule has 204 valence electrons. The van der Waals surface area contributed by atoms with Crippen LogP contribution in [0.5, 0.6) is 0 Å². The number of fused-ring (bicyclic) bond motifs is 1. The molecule has 3 atom stereocenters. The second-order valence-corrected chi connectivity index (χ2v) is 12.0. The number of anilines is 1. The van der Waals surface area contributed by atoms with Gasteiger partial charge in [-0.25, -0.2) is 8.42 Å². The van der Waals surface area contributed by atoms with Gasteiger partial charge in [0, 0.05) is 29.9 Å². The number of azide groups is 1. The van der Waals surface area contributed by atoms with Crippen LogP contribution in [0.15, 0.2) is 39.9 Å². The molecule has 2 N–H and O–H groups in total. The van der Waals surface area contributed by atoms with E-state index in [-0.39, 0.29) is 29.7 Å². The summed E-state index contributed by atoms with van der Waals surface area (Å²) < 4.78 is 27.8. The Balaban J connectivity index is 1.44. The summed E-state index contributed by atoms with van der Waals surface area (Å²) in [6.07, 6.45) is 5.77. The predicted molar refractivity (Wildman–Crippen MR) is 145 cm³/mol. The number of carbonyl (C=O) groups excluding carboxylic acids is 1. The third-order valence-corrected chi connectivity index (χ3v) is 7.74. The maximum absolute atomic E-state index is 13.8. The SMILES string of the molecule is CC1=[C+]n2nc([C@@H]3CCCCN3C(=O)c3cc(Cl)ccc3NS(C)(=O)=O)cc2N=C1N1C[C@@H](O)[C@H](N=[N+]=[N-])C1. The van der Waals surface area contributed by atoms with E-state index in [1.165, 1.54) is 18.2 Å². The largest absolute Gasteiger partial charge is 0.391 e. The van der Waals surface area contributed by atoms with Crippen LogP contribution in [0.1, 0.15) is 48.3 Å². The maximum Gasteiger partial charge on any atom is 0.275 e. The lowest BCUT2D eigenvalue weighted by molar-refractivity contribution is 0.0606. The highest BCUT2D eigenvalue weighted by Crippen LogP contribution is 2.36. The van der Waals surface area contributed by atoms with E-state index >= 15 is 0 Å². The number of aromatic nitrogens is 2. The lowest BCUT2D eigenvalue weighted by Crippen LogP contribution is -2.39. The number of amides is 1. The van der Waals surface area contributed by atoms with Crippen LogP contribution in [-0.2, 0) is 10.0 Å². The van der Waals surface area contributed by atoms with Crippen molar-refractivity contribution in [1.82, 2.24) is 19.6 Å². The summed E-state index contributed by atoms with van der Waals surface area (Å²) in [5, 5.41) is 18.9. The Kier molecular flexibility index (Phi) is 7.23. The summed E-state index contributed by atoms with van der Waals surface area (Å²) in [5.41, 5.74) is 10.4. The zero-order valence-electron chi connectivity index (χ0n) is 21.3. The van der Waals surface area contributed by atoms with Crippen LogP contribution >= 0.6 is 11.6 Å². The van der Waals surface area contributed by atoms with E-state index in [4.69, 9.17) is 22.1 Å². The second kappa shape index (κ2) is 10.5. The number of halogens is 1. The molecule has 0 spiro atoms. The van der Waals surface area contributed by atoms with Gasteiger partial charge >= 0.3 is 0 Å². The monoisotopic (exact) mass is 572 g/mol. The van der Waals surface area contributed by atoms with E-state index in [0.29, 0.717) is 47.5 Å². The number of sulfonamides is 1. The van der Waals surface area contributed by atoms with Crippen molar-refractivity contribution >= 4 is 44.9 Å². The normalized spacial score (nSPS) is 22.8. The Morgan fingerprint density at radius 2 is 2.10 bits per heavy atom. The number of carbonyl (C=O) groups is 1. The minimum atomic E-state index is -3.62. The fraction of sp³-hybridized carbons (Fsp3) is 0.458. The van der Waals surface area contributed by atoms with Crippen LogP contribution in [0.25, 0.3) is 10.4 Å². The minimum Gasteiger partial charge on any atom is -0.391 e. The number of rotatable bonds is 5. The summed E-state index contributed by atoms with van der Waals surface area (Å²) >= 11 is 6.18. The molecule has 2 saturated heterocycles. The molecule has 5 rings (SSSR count). The van der Waals surface area contributed by atoms with Crippen molar-refractivity contribution in [3.8, 4) is 0 Å². The number of aliphatic imine (C=N–C) groups is 1. The number of aliphatic hydroxyl groups excluding tert-OH is 1. The van der Waals surface area contributed by atoms with Gasteiger partial charge in [0.25, 0.3) is 17.6 Å². The molecule has 1 amide bonds. The number of nitrogens with zero attached hydrogens (tertiary/aromatic N) is 8. The fourth-order valence-electron chi connectivity index (χ4n) is 5.16. The minimum absolute atomic E-state index is 0.160. The van der Waals surface area contributed by atoms with Crippen molar-refractivity contribution < 1.29 is 18.3 Å². The molecule has 0 saturated carbocycles. The predicted octanol–water partition coefficient (Wildman–Crippen LogP) is 3.23. The number of hydrogen-bond donors (Lipinski definition) is 2.